The number of benzene rings is 6. The van der Waals surface area contributed by atoms with E-state index >= 15 is 24.0 Å². The van der Waals surface area contributed by atoms with E-state index in [1.165, 1.54) is 6.07 Å². The van der Waals surface area contributed by atoms with E-state index in [9.17, 15) is 91.6 Å². The molecule has 0 amide bonds. The minimum atomic E-state index is -3.16. The van der Waals surface area contributed by atoms with Crippen molar-refractivity contribution in [2.24, 2.45) is 5.92 Å². The second-order valence-electron chi connectivity index (χ2n) is 20.5. The largest absolute Gasteiger partial charge is 0.507 e. The Morgan fingerprint density at radius 3 is 1.60 bits per heavy atom. The summed E-state index contributed by atoms with van der Waals surface area (Å²) < 4.78 is 42.3. The molecule has 17 N–H and O–H groups in total. The number of carbonyl (C=O) groups excluding carboxylic acids is 6. The first kappa shape index (κ1) is 52.8. The monoisotopic (exact) mass is 1180 g/mol. The van der Waals surface area contributed by atoms with Gasteiger partial charge in [0.15, 0.2) is 87.7 Å². The minimum absolute atomic E-state index is 0.0653. The van der Waals surface area contributed by atoms with Crippen molar-refractivity contribution in [3.05, 3.63) is 92.7 Å². The molecule has 0 saturated carbocycles. The maximum atomic E-state index is 15.7. The van der Waals surface area contributed by atoms with E-state index < -0.39 is 262 Å². The molecule has 0 radical (unpaired) electrons. The van der Waals surface area contributed by atoms with Crippen molar-refractivity contribution in [2.75, 3.05) is 6.61 Å². The molecule has 6 bridgehead atoms. The summed E-state index contributed by atoms with van der Waals surface area (Å²) in [6.07, 6.45) is -14.7. The average Bonchev–Trinajstić information content (AvgIpc) is 1.52. The number of hydrogen-bond donors (Lipinski definition) is 17. The number of phenols is 15. The highest BCUT2D eigenvalue weighted by Gasteiger charge is 2.76. The molecule has 14 rings (SSSR count). The van der Waals surface area contributed by atoms with Crippen LogP contribution in [0.5, 0.6) is 97.7 Å². The van der Waals surface area contributed by atoms with Gasteiger partial charge in [-0.2, -0.15) is 0 Å². The van der Waals surface area contributed by atoms with Crippen LogP contribution in [-0.2, 0) is 39.7 Å². The summed E-state index contributed by atoms with van der Waals surface area (Å²) >= 11 is 0. The fourth-order valence-corrected chi connectivity index (χ4v) is 12.4. The molecule has 7 heterocycles. The summed E-state index contributed by atoms with van der Waals surface area (Å²) in [5, 5.41) is 192. The van der Waals surface area contributed by atoms with Crippen molar-refractivity contribution in [3.63, 3.8) is 0 Å². The van der Waals surface area contributed by atoms with Gasteiger partial charge in [0, 0.05) is 57.0 Å². The molecule has 0 aromatic heterocycles. The number of Topliss-reactive ketones (excluding diaryl/α,β-unsaturated/α-hetero) is 1. The van der Waals surface area contributed by atoms with Gasteiger partial charge in [0.25, 0.3) is 0 Å². The molecule has 8 aliphatic rings. The van der Waals surface area contributed by atoms with Gasteiger partial charge in [-0.15, -0.1) is 0 Å². The normalized spacial score (nSPS) is 25.0. The predicted octanol–water partition coefficient (Wildman–Crippen LogP) is 2.42. The molecule has 30 nitrogen and oxygen atoms in total. The molecule has 1 spiro atoms. The molecular formula is C55H36O30. The fourth-order valence-electron chi connectivity index (χ4n) is 12.4. The number of phenolic OH excluding ortho intramolecular Hbond substituents is 15. The Balaban J connectivity index is 1.13. The molecule has 1 fully saturated rings. The first-order valence-electron chi connectivity index (χ1n) is 24.8. The van der Waals surface area contributed by atoms with Gasteiger partial charge in [-0.05, 0) is 35.9 Å². The molecule has 30 heteroatoms. The topological polar surface area (TPSA) is 511 Å². The molecule has 7 aliphatic heterocycles. The number of ether oxygens (including phenoxy) is 7. The van der Waals surface area contributed by atoms with Crippen molar-refractivity contribution in [1.29, 1.82) is 0 Å². The molecule has 6 aromatic rings. The highest BCUT2D eigenvalue weighted by molar-refractivity contribution is 6.22. The molecule has 85 heavy (non-hydrogen) atoms. The van der Waals surface area contributed by atoms with E-state index in [-0.39, 0.29) is 16.9 Å². The molecule has 436 valence electrons. The van der Waals surface area contributed by atoms with Gasteiger partial charge in [-0.25, -0.2) is 19.2 Å². The van der Waals surface area contributed by atoms with Gasteiger partial charge >= 0.3 is 29.8 Å². The Bertz CT molecular complexity index is 4230. The number of rotatable bonds is 1. The van der Waals surface area contributed by atoms with Crippen LogP contribution < -0.4 is 9.47 Å². The number of hydrogen-bond acceptors (Lipinski definition) is 30. The first-order chi connectivity index (χ1) is 40.2. The van der Waals surface area contributed by atoms with Crippen molar-refractivity contribution in [1.82, 2.24) is 0 Å². The van der Waals surface area contributed by atoms with Gasteiger partial charge < -0.3 is 120 Å². The third-order valence-corrected chi connectivity index (χ3v) is 16.1. The molecular weight excluding hydrogens is 1140 g/mol. The number of aliphatic hydroxyl groups is 2. The van der Waals surface area contributed by atoms with Gasteiger partial charge in [0.1, 0.15) is 35.9 Å². The van der Waals surface area contributed by atoms with Crippen LogP contribution in [0, 0.1) is 5.92 Å². The van der Waals surface area contributed by atoms with Crippen LogP contribution in [-0.4, -0.2) is 165 Å². The Labute approximate surface area is 468 Å². The van der Waals surface area contributed by atoms with Crippen molar-refractivity contribution in [3.8, 4) is 120 Å². The molecule has 0 unspecified atom stereocenters. The molecule has 1 saturated heterocycles. The standard InChI is InChI=1S/C55H36O30/c56-15-2-1-10(3-16(15)57)44-21(62)4-11-22(80-44)8-17(58)27-32-47-48-46-23(9-79-50(74)12-5-18(59)34(63)37(66)24(12)25-13(52(76)82-46)6-19(60)35(64)38(25)67)81-51(75)14-7-20(61)36(65)39(68)26(14)28-30(53(77)84-48)29(41(70)43(72)40(28)69)31-33(54(78)83-47)55(32,85-45(11)27)49(73)42(31)71/h1-3,5-8,21,23,32-33,44,46-48,56-72H,4,9H2/t21-,23+,32+,33-,44+,46+,47-,48-,55+/m0/s1. The maximum absolute atomic E-state index is 15.7. The lowest BCUT2D eigenvalue weighted by molar-refractivity contribution is -0.200. The lowest BCUT2D eigenvalue weighted by Crippen LogP contribution is -2.65. The number of cyclic esters (lactones) is 1. The van der Waals surface area contributed by atoms with E-state index in [1.807, 2.05) is 0 Å². The third kappa shape index (κ3) is 6.83. The molecule has 9 atom stereocenters. The SMILES string of the molecule is O=C1OC[C@H]2OC(=O)c3cc(O)c(O)c(O)c3-c3c(O)c(O)c(O)c4c3C(=O)O[C@H]([C@H]3OC(=O)[C@@H]5C4=C(O)C(=O)[C@]54Oc5c6c(cc(O)c5[C@H]34)O[C@H](c3ccc(O)c(O)c3)[C@@H](O)C6)[C@@H]2OC(=O)c2cc(O)c(O)c(O)c2-c2c1cc(O)c(O)c2O. The highest BCUT2D eigenvalue weighted by Crippen LogP contribution is 2.68. The number of fused-ring (bicyclic) bond motifs is 10. The number of ketones is 1. The van der Waals surface area contributed by atoms with Crippen molar-refractivity contribution < 1.29 is 149 Å². The summed E-state index contributed by atoms with van der Waals surface area (Å²) in [5.41, 5.74) is -16.7. The second-order valence-corrected chi connectivity index (χ2v) is 20.5. The zero-order valence-electron chi connectivity index (χ0n) is 42.0. The van der Waals surface area contributed by atoms with Gasteiger partial charge in [-0.3, -0.25) is 9.59 Å². The van der Waals surface area contributed by atoms with E-state index in [4.69, 9.17) is 33.2 Å². The summed E-state index contributed by atoms with van der Waals surface area (Å²) in [6, 6.07) is 5.38. The Kier molecular flexibility index (Phi) is 10.9. The minimum Gasteiger partial charge on any atom is -0.507 e. The Hall–Kier alpha value is -11.6. The van der Waals surface area contributed by atoms with E-state index in [2.05, 4.69) is 0 Å². The smallest absolute Gasteiger partial charge is 0.340 e. The summed E-state index contributed by atoms with van der Waals surface area (Å²) in [4.78, 5) is 91.4. The summed E-state index contributed by atoms with van der Waals surface area (Å²) in [7, 11) is 0. The Morgan fingerprint density at radius 2 is 1.00 bits per heavy atom. The molecule has 1 aliphatic carbocycles. The van der Waals surface area contributed by atoms with E-state index in [1.54, 1.807) is 0 Å². The fraction of sp³-hybridized carbons (Fsp3) is 0.200. The van der Waals surface area contributed by atoms with Crippen LogP contribution in [0.3, 0.4) is 0 Å². The number of aliphatic hydroxyl groups excluding tert-OH is 2. The number of aromatic hydroxyl groups is 15. The van der Waals surface area contributed by atoms with Crippen LogP contribution in [0.25, 0.3) is 27.8 Å². The lowest BCUT2D eigenvalue weighted by atomic mass is 9.66. The quantitative estimate of drug-likeness (QED) is 0.0638. The van der Waals surface area contributed by atoms with Crippen LogP contribution in [0.2, 0.25) is 0 Å². The molecule has 6 aromatic carbocycles. The average molecular weight is 1180 g/mol. The number of carbonyl (C=O) groups is 6. The van der Waals surface area contributed by atoms with Gasteiger partial charge in [0.05, 0.1) is 34.3 Å². The van der Waals surface area contributed by atoms with E-state index in [0.717, 1.165) is 18.2 Å². The van der Waals surface area contributed by atoms with Crippen molar-refractivity contribution in [2.45, 2.75) is 54.6 Å². The van der Waals surface area contributed by atoms with Gasteiger partial charge in [0.2, 0.25) is 34.4 Å². The van der Waals surface area contributed by atoms with Crippen molar-refractivity contribution >= 4 is 41.2 Å². The highest BCUT2D eigenvalue weighted by atomic mass is 16.6. The summed E-state index contributed by atoms with van der Waals surface area (Å²) in [6.45, 7) is -1.57. The zero-order chi connectivity index (χ0) is 60.8. The van der Waals surface area contributed by atoms with Gasteiger partial charge in [-0.1, -0.05) is 6.07 Å². The van der Waals surface area contributed by atoms with Crippen LogP contribution in [0.4, 0.5) is 0 Å². The maximum Gasteiger partial charge on any atom is 0.340 e. The number of esters is 5. The van der Waals surface area contributed by atoms with Crippen LogP contribution >= 0.6 is 0 Å². The first-order valence-corrected chi connectivity index (χ1v) is 24.8. The second kappa shape index (κ2) is 17.5. The van der Waals surface area contributed by atoms with E-state index in [0.29, 0.717) is 18.2 Å². The summed E-state index contributed by atoms with van der Waals surface area (Å²) in [5.74, 6) is -39.0. The lowest BCUT2D eigenvalue weighted by Gasteiger charge is -2.47. The predicted molar refractivity (Wildman–Crippen MR) is 267 cm³/mol. The third-order valence-electron chi connectivity index (χ3n) is 16.1. The van der Waals surface area contributed by atoms with Crippen LogP contribution in [0.1, 0.15) is 75.7 Å². The van der Waals surface area contributed by atoms with Crippen LogP contribution in [0.15, 0.2) is 48.2 Å². The Morgan fingerprint density at radius 1 is 0.459 bits per heavy atom. The zero-order valence-corrected chi connectivity index (χ0v) is 42.0.